The van der Waals surface area contributed by atoms with E-state index in [2.05, 4.69) is 19.4 Å². The molecule has 3 atom stereocenters. The molecular formula is C17H23N3O6P+. The molecule has 1 fully saturated rings. The molecule has 0 saturated carbocycles. The van der Waals surface area contributed by atoms with Crippen LogP contribution in [0.25, 0.3) is 10.9 Å². The summed E-state index contributed by atoms with van der Waals surface area (Å²) in [7, 11) is -1.20. The van der Waals surface area contributed by atoms with Crippen molar-refractivity contribution in [2.45, 2.75) is 19.1 Å². The van der Waals surface area contributed by atoms with Gasteiger partial charge in [-0.1, -0.05) is 10.6 Å². The first kappa shape index (κ1) is 19.9. The van der Waals surface area contributed by atoms with Crippen LogP contribution in [0.4, 0.5) is 5.82 Å². The summed E-state index contributed by atoms with van der Waals surface area (Å²) in [5.41, 5.74) is 0.767. The van der Waals surface area contributed by atoms with Crippen LogP contribution >= 0.6 is 8.25 Å². The summed E-state index contributed by atoms with van der Waals surface area (Å²) in [5, 5.41) is 10.1. The topological polar surface area (TPSA) is 114 Å². The van der Waals surface area contributed by atoms with Crippen molar-refractivity contribution in [3.63, 3.8) is 0 Å². The molecule has 1 aromatic heterocycles. The van der Waals surface area contributed by atoms with Gasteiger partial charge in [0, 0.05) is 29.0 Å². The van der Waals surface area contributed by atoms with Crippen LogP contribution in [0.1, 0.15) is 12.8 Å². The Morgan fingerprint density at radius 1 is 1.41 bits per heavy atom. The Kier molecular flexibility index (Phi) is 6.87. The first-order valence-corrected chi connectivity index (χ1v) is 9.83. The Labute approximate surface area is 157 Å². The van der Waals surface area contributed by atoms with Gasteiger partial charge >= 0.3 is 8.25 Å². The monoisotopic (exact) mass is 396 g/mol. The summed E-state index contributed by atoms with van der Waals surface area (Å²) >= 11 is 0. The maximum absolute atomic E-state index is 10.7. The van der Waals surface area contributed by atoms with E-state index < -0.39 is 21.2 Å². The van der Waals surface area contributed by atoms with E-state index in [1.165, 1.54) is 6.33 Å². The molecule has 1 aliphatic rings. The van der Waals surface area contributed by atoms with Crippen molar-refractivity contribution in [2.24, 2.45) is 5.92 Å². The van der Waals surface area contributed by atoms with E-state index in [9.17, 15) is 9.67 Å². The number of aliphatic hydroxyl groups excluding tert-OH is 1. The van der Waals surface area contributed by atoms with Crippen LogP contribution in [0.15, 0.2) is 24.5 Å². The summed E-state index contributed by atoms with van der Waals surface area (Å²) < 4.78 is 26.2. The van der Waals surface area contributed by atoms with Gasteiger partial charge in [0.1, 0.15) is 23.4 Å². The summed E-state index contributed by atoms with van der Waals surface area (Å²) in [5.74, 6) is 1.73. The van der Waals surface area contributed by atoms with Gasteiger partial charge in [-0.3, -0.25) is 0 Å². The standard InChI is InChI=1S/C17H22N3O6P/c1-24-14-6-2-5-13-16(14)18-11-19-17(13)20-7-3-4-12(8-20)10-25-15(9-21)26-27(22)23/h2,5-6,11-12,15,21H,3-4,7-10H2,1H3/p+1. The third-order valence-electron chi connectivity index (χ3n) is 4.52. The van der Waals surface area contributed by atoms with Crippen molar-refractivity contribution in [1.82, 2.24) is 9.97 Å². The Bertz CT molecular complexity index is 792. The van der Waals surface area contributed by atoms with E-state index >= 15 is 0 Å². The molecule has 1 aliphatic heterocycles. The molecular weight excluding hydrogens is 373 g/mol. The fraction of sp³-hybridized carbons (Fsp3) is 0.529. The van der Waals surface area contributed by atoms with Crippen molar-refractivity contribution in [3.8, 4) is 5.75 Å². The van der Waals surface area contributed by atoms with Crippen molar-refractivity contribution in [3.05, 3.63) is 24.5 Å². The number of para-hydroxylation sites is 1. The van der Waals surface area contributed by atoms with Crippen LogP contribution in [0.2, 0.25) is 0 Å². The fourth-order valence-corrected chi connectivity index (χ4v) is 3.65. The number of anilines is 1. The maximum atomic E-state index is 10.7. The molecule has 0 bridgehead atoms. The maximum Gasteiger partial charge on any atom is 0.697 e. The molecule has 2 N–H and O–H groups in total. The quantitative estimate of drug-likeness (QED) is 0.510. The van der Waals surface area contributed by atoms with Crippen molar-refractivity contribution in [2.75, 3.05) is 38.3 Å². The molecule has 27 heavy (non-hydrogen) atoms. The van der Waals surface area contributed by atoms with Gasteiger partial charge in [-0.25, -0.2) is 9.97 Å². The molecule has 0 aliphatic carbocycles. The number of hydrogen-bond acceptors (Lipinski definition) is 8. The zero-order valence-electron chi connectivity index (χ0n) is 15.0. The minimum atomic E-state index is -2.82. The Hall–Kier alpha value is -1.90. The highest BCUT2D eigenvalue weighted by Crippen LogP contribution is 2.31. The number of aliphatic hydroxyl groups is 1. The number of aromatic nitrogens is 2. The molecule has 10 heteroatoms. The zero-order chi connectivity index (χ0) is 19.2. The van der Waals surface area contributed by atoms with Crippen LogP contribution in [-0.4, -0.2) is 59.7 Å². The van der Waals surface area contributed by atoms with Crippen LogP contribution in [0.5, 0.6) is 5.75 Å². The predicted octanol–water partition coefficient (Wildman–Crippen LogP) is 1.86. The van der Waals surface area contributed by atoms with E-state index in [-0.39, 0.29) is 5.92 Å². The Morgan fingerprint density at radius 3 is 3.00 bits per heavy atom. The molecule has 0 radical (unpaired) electrons. The average molecular weight is 396 g/mol. The minimum absolute atomic E-state index is 0.184. The molecule has 3 unspecified atom stereocenters. The first-order chi connectivity index (χ1) is 13.1. The molecule has 3 rings (SSSR count). The first-order valence-electron chi connectivity index (χ1n) is 8.70. The normalized spacial score (nSPS) is 19.1. The lowest BCUT2D eigenvalue weighted by Gasteiger charge is -2.34. The van der Waals surface area contributed by atoms with Crippen molar-refractivity contribution in [1.29, 1.82) is 0 Å². The van der Waals surface area contributed by atoms with E-state index in [1.807, 2.05) is 18.2 Å². The summed E-state index contributed by atoms with van der Waals surface area (Å²) in [6.45, 7) is 1.42. The van der Waals surface area contributed by atoms with Crippen LogP contribution < -0.4 is 9.64 Å². The Balaban J connectivity index is 1.71. The van der Waals surface area contributed by atoms with Gasteiger partial charge in [0.25, 0.3) is 0 Å². The van der Waals surface area contributed by atoms with E-state index in [1.54, 1.807) is 7.11 Å². The molecule has 1 aromatic carbocycles. The van der Waals surface area contributed by atoms with Crippen LogP contribution in [0.3, 0.4) is 0 Å². The molecule has 146 valence electrons. The summed E-state index contributed by atoms with van der Waals surface area (Å²) in [6.07, 6.45) is 2.35. The van der Waals surface area contributed by atoms with Crippen LogP contribution in [0, 0.1) is 5.92 Å². The number of nitrogens with zero attached hydrogens (tertiary/aromatic N) is 3. The van der Waals surface area contributed by atoms with E-state index in [0.717, 1.165) is 36.1 Å². The molecule has 0 spiro atoms. The zero-order valence-corrected chi connectivity index (χ0v) is 15.9. The minimum Gasteiger partial charge on any atom is -0.494 e. The molecule has 2 aromatic rings. The number of benzene rings is 1. The smallest absolute Gasteiger partial charge is 0.494 e. The van der Waals surface area contributed by atoms with Crippen molar-refractivity contribution >= 4 is 25.0 Å². The van der Waals surface area contributed by atoms with Gasteiger partial charge in [0.15, 0.2) is 0 Å². The second kappa shape index (κ2) is 9.34. The van der Waals surface area contributed by atoms with Gasteiger partial charge < -0.3 is 19.5 Å². The number of piperidine rings is 1. The van der Waals surface area contributed by atoms with Crippen LogP contribution in [-0.2, 0) is 13.8 Å². The average Bonchev–Trinajstić information content (AvgIpc) is 2.70. The second-order valence-electron chi connectivity index (χ2n) is 6.30. The number of ether oxygens (including phenoxy) is 2. The van der Waals surface area contributed by atoms with E-state index in [0.29, 0.717) is 18.9 Å². The number of hydrogen-bond donors (Lipinski definition) is 2. The highest BCUT2D eigenvalue weighted by molar-refractivity contribution is 7.32. The van der Waals surface area contributed by atoms with Gasteiger partial charge in [-0.05, 0) is 25.0 Å². The third-order valence-corrected chi connectivity index (χ3v) is 4.94. The fourth-order valence-electron chi connectivity index (χ4n) is 3.32. The van der Waals surface area contributed by atoms with Crippen molar-refractivity contribution < 1.29 is 28.6 Å². The lowest BCUT2D eigenvalue weighted by atomic mass is 9.98. The number of rotatable bonds is 8. The summed E-state index contributed by atoms with van der Waals surface area (Å²) in [4.78, 5) is 19.8. The largest absolute Gasteiger partial charge is 0.697 e. The van der Waals surface area contributed by atoms with Gasteiger partial charge in [-0.15, -0.1) is 4.89 Å². The number of fused-ring (bicyclic) bond motifs is 1. The molecule has 2 heterocycles. The molecule has 9 nitrogen and oxygen atoms in total. The van der Waals surface area contributed by atoms with Gasteiger partial charge in [0.2, 0.25) is 6.29 Å². The van der Waals surface area contributed by atoms with Gasteiger partial charge in [0.05, 0.1) is 20.3 Å². The highest BCUT2D eigenvalue weighted by atomic mass is 31.1. The lowest BCUT2D eigenvalue weighted by molar-refractivity contribution is -0.117. The Morgan fingerprint density at radius 2 is 2.26 bits per heavy atom. The SMILES string of the molecule is COc1cccc2c(N3CCCC(COC(CO)O[P+](=O)O)C3)ncnc12. The highest BCUT2D eigenvalue weighted by Gasteiger charge is 2.27. The lowest BCUT2D eigenvalue weighted by Crippen LogP contribution is -2.38. The molecule has 0 amide bonds. The van der Waals surface area contributed by atoms with Gasteiger partial charge in [-0.2, -0.15) is 0 Å². The summed E-state index contributed by atoms with van der Waals surface area (Å²) in [6, 6.07) is 5.76. The third kappa shape index (κ3) is 4.88. The molecule has 1 saturated heterocycles. The number of methoxy groups -OCH3 is 1. The second-order valence-corrected chi connectivity index (χ2v) is 6.98. The predicted molar refractivity (Wildman–Crippen MR) is 98.8 cm³/mol. The van der Waals surface area contributed by atoms with E-state index in [4.69, 9.17) is 14.4 Å².